The zero-order valence-corrected chi connectivity index (χ0v) is 23.3. The molecule has 0 bridgehead atoms. The molecule has 13 heteroatoms. The van der Waals surface area contributed by atoms with Gasteiger partial charge in [-0.1, -0.05) is 30.3 Å². The van der Waals surface area contributed by atoms with E-state index in [0.717, 1.165) is 5.56 Å². The Morgan fingerprint density at radius 3 is 2.42 bits per heavy atom. The molecule has 2 fully saturated rings. The van der Waals surface area contributed by atoms with E-state index in [2.05, 4.69) is 10.2 Å². The first-order valence-corrected chi connectivity index (χ1v) is 13.4. The van der Waals surface area contributed by atoms with Crippen molar-refractivity contribution in [3.8, 4) is 6.07 Å². The first-order chi connectivity index (χ1) is 19.0. The summed E-state index contributed by atoms with van der Waals surface area (Å²) in [7, 11) is -0.441. The first kappa shape index (κ1) is 30.9. The highest BCUT2D eigenvalue weighted by atomic mass is 16.6. The van der Waals surface area contributed by atoms with Crippen LogP contribution in [0.1, 0.15) is 32.3 Å². The highest BCUT2D eigenvalue weighted by Gasteiger charge is 2.34. The second-order valence-corrected chi connectivity index (χ2v) is 10.5. The normalized spacial score (nSPS) is 19.3. The minimum Gasteiger partial charge on any atom is -0.453 e. The van der Waals surface area contributed by atoms with E-state index in [4.69, 9.17) is 9.47 Å². The molecular weight excluding hydrogens is 517 g/mol. The second-order valence-electron chi connectivity index (χ2n) is 10.5. The third-order valence-corrected chi connectivity index (χ3v) is 7.28. The molecule has 3 N–H and O–H groups in total. The van der Waals surface area contributed by atoms with E-state index >= 15 is 0 Å². The zero-order valence-electron chi connectivity index (χ0n) is 23.3. The lowest BCUT2D eigenvalue weighted by Gasteiger charge is -2.42. The number of piperidine rings is 1. The fraction of sp³-hybridized carbons (Fsp3) is 0.556. The highest BCUT2D eigenvalue weighted by Crippen LogP contribution is 2.23. The standard InChI is InChI=1S/C27H38BN5O7/c1-27(2,33-14-12-31(13-15-33)26(36)39-3)17-21(18-29)24(34)32-11-7-10-22(19-32)40-25(35)30-23(28(37)38)16-20-8-5-4-6-9-20/h4-6,8-9,17,22-23,37-38H,7,10-16,19H2,1-3H3,(H,30,35)/t22-,23?/m0/s1. The van der Waals surface area contributed by atoms with Crippen LogP contribution in [-0.4, -0.2) is 114 Å². The molecule has 2 heterocycles. The molecule has 216 valence electrons. The van der Waals surface area contributed by atoms with Gasteiger partial charge < -0.3 is 34.6 Å². The number of hydrogen-bond donors (Lipinski definition) is 3. The number of carbonyl (C=O) groups is 3. The smallest absolute Gasteiger partial charge is 0.453 e. The molecule has 2 saturated heterocycles. The molecule has 0 spiro atoms. The fourth-order valence-corrected chi connectivity index (χ4v) is 5.01. The first-order valence-electron chi connectivity index (χ1n) is 13.4. The summed E-state index contributed by atoms with van der Waals surface area (Å²) in [6, 6.07) is 11.1. The van der Waals surface area contributed by atoms with Gasteiger partial charge in [0, 0.05) is 38.3 Å². The number of nitrogens with zero attached hydrogens (tertiary/aromatic N) is 4. The Morgan fingerprint density at radius 2 is 1.82 bits per heavy atom. The maximum atomic E-state index is 13.3. The van der Waals surface area contributed by atoms with Crippen LogP contribution in [0, 0.1) is 11.3 Å². The Bertz CT molecular complexity index is 1100. The van der Waals surface area contributed by atoms with E-state index in [1.807, 2.05) is 50.2 Å². The van der Waals surface area contributed by atoms with Crippen LogP contribution in [0.25, 0.3) is 0 Å². The molecule has 1 aromatic carbocycles. The number of rotatable bonds is 8. The number of hydrogen-bond acceptors (Lipinski definition) is 9. The zero-order chi connectivity index (χ0) is 29.3. The maximum absolute atomic E-state index is 13.3. The monoisotopic (exact) mass is 555 g/mol. The molecule has 1 aromatic rings. The summed E-state index contributed by atoms with van der Waals surface area (Å²) in [5, 5.41) is 31.8. The van der Waals surface area contributed by atoms with E-state index in [1.165, 1.54) is 12.0 Å². The van der Waals surface area contributed by atoms with Gasteiger partial charge in [-0.3, -0.25) is 9.69 Å². The number of alkyl carbamates (subject to hydrolysis) is 1. The van der Waals surface area contributed by atoms with Crippen LogP contribution in [0.3, 0.4) is 0 Å². The van der Waals surface area contributed by atoms with Crippen LogP contribution in [-0.2, 0) is 20.7 Å². The number of piperazine rings is 1. The van der Waals surface area contributed by atoms with Crippen LogP contribution >= 0.6 is 0 Å². The van der Waals surface area contributed by atoms with Crippen LogP contribution in [0.5, 0.6) is 0 Å². The van der Waals surface area contributed by atoms with Crippen molar-refractivity contribution < 1.29 is 33.9 Å². The van der Waals surface area contributed by atoms with Gasteiger partial charge in [0.2, 0.25) is 0 Å². The summed E-state index contributed by atoms with van der Waals surface area (Å²) >= 11 is 0. The van der Waals surface area contributed by atoms with Crippen molar-refractivity contribution in [1.29, 1.82) is 5.26 Å². The molecule has 2 atom stereocenters. The molecule has 12 nitrogen and oxygen atoms in total. The van der Waals surface area contributed by atoms with Gasteiger partial charge in [0.05, 0.1) is 19.6 Å². The second kappa shape index (κ2) is 14.2. The molecule has 0 aliphatic carbocycles. The third kappa shape index (κ3) is 8.45. The van der Waals surface area contributed by atoms with E-state index in [9.17, 15) is 29.7 Å². The molecule has 0 aromatic heterocycles. The van der Waals surface area contributed by atoms with Gasteiger partial charge in [-0.05, 0) is 44.7 Å². The average molecular weight is 555 g/mol. The fourth-order valence-electron chi connectivity index (χ4n) is 5.01. The van der Waals surface area contributed by atoms with E-state index in [-0.39, 0.29) is 24.6 Å². The van der Waals surface area contributed by atoms with Gasteiger partial charge in [0.1, 0.15) is 17.7 Å². The molecule has 1 unspecified atom stereocenters. The summed E-state index contributed by atoms with van der Waals surface area (Å²) in [6.07, 6.45) is 1.17. The van der Waals surface area contributed by atoms with Crippen molar-refractivity contribution in [2.24, 2.45) is 0 Å². The molecule has 40 heavy (non-hydrogen) atoms. The van der Waals surface area contributed by atoms with Crippen molar-refractivity contribution >= 4 is 25.2 Å². The van der Waals surface area contributed by atoms with Crippen molar-refractivity contribution in [2.45, 2.75) is 50.7 Å². The molecule has 3 rings (SSSR count). The van der Waals surface area contributed by atoms with E-state index in [0.29, 0.717) is 45.6 Å². The number of methoxy groups -OCH3 is 1. The van der Waals surface area contributed by atoms with Crippen molar-refractivity contribution in [2.75, 3.05) is 46.4 Å². The van der Waals surface area contributed by atoms with E-state index in [1.54, 1.807) is 11.0 Å². The molecule has 0 saturated carbocycles. The Balaban J connectivity index is 1.58. The Labute approximate surface area is 235 Å². The summed E-state index contributed by atoms with van der Waals surface area (Å²) in [4.78, 5) is 42.9. The molecular formula is C27H38BN5O7. The SMILES string of the molecule is COC(=O)N1CCN(C(C)(C)C=C(C#N)C(=O)N2CCC[C@H](OC(=O)NC(Cc3ccccc3)B(O)O)C2)CC1. The quantitative estimate of drug-likeness (QED) is 0.241. The van der Waals surface area contributed by atoms with Gasteiger partial charge >= 0.3 is 19.3 Å². The van der Waals surface area contributed by atoms with Crippen molar-refractivity contribution in [1.82, 2.24) is 20.0 Å². The largest absolute Gasteiger partial charge is 0.475 e. The van der Waals surface area contributed by atoms with Gasteiger partial charge in [0.15, 0.2) is 0 Å². The van der Waals surface area contributed by atoms with Crippen LogP contribution < -0.4 is 5.32 Å². The molecule has 0 radical (unpaired) electrons. The number of nitriles is 1. The van der Waals surface area contributed by atoms with Crippen molar-refractivity contribution in [3.05, 3.63) is 47.5 Å². The molecule has 3 amide bonds. The van der Waals surface area contributed by atoms with E-state index < -0.39 is 36.7 Å². The number of nitrogens with one attached hydrogen (secondary N) is 1. The van der Waals surface area contributed by atoms with Gasteiger partial charge in [-0.15, -0.1) is 0 Å². The topological polar surface area (TPSA) is 156 Å². The molecule has 2 aliphatic rings. The third-order valence-electron chi connectivity index (χ3n) is 7.28. The Hall–Kier alpha value is -3.60. The number of amides is 3. The minimum absolute atomic E-state index is 0.00294. The number of ether oxygens (including phenoxy) is 2. The maximum Gasteiger partial charge on any atom is 0.475 e. The Kier molecular flexibility index (Phi) is 11.0. The van der Waals surface area contributed by atoms with Gasteiger partial charge in [-0.2, -0.15) is 5.26 Å². The minimum atomic E-state index is -1.78. The van der Waals surface area contributed by atoms with Crippen molar-refractivity contribution in [3.63, 3.8) is 0 Å². The Morgan fingerprint density at radius 1 is 1.15 bits per heavy atom. The summed E-state index contributed by atoms with van der Waals surface area (Å²) in [6.45, 7) is 6.46. The van der Waals surface area contributed by atoms with Gasteiger partial charge in [0.25, 0.3) is 5.91 Å². The highest BCUT2D eigenvalue weighted by molar-refractivity contribution is 6.43. The van der Waals surface area contributed by atoms with Crippen LogP contribution in [0.15, 0.2) is 42.0 Å². The predicted molar refractivity (Wildman–Crippen MR) is 147 cm³/mol. The lowest BCUT2D eigenvalue weighted by Crippen LogP contribution is -2.55. The van der Waals surface area contributed by atoms with Crippen LogP contribution in [0.4, 0.5) is 9.59 Å². The average Bonchev–Trinajstić information content (AvgIpc) is 2.95. The number of carbonyl (C=O) groups excluding carboxylic acids is 3. The summed E-state index contributed by atoms with van der Waals surface area (Å²) < 4.78 is 10.3. The molecule has 2 aliphatic heterocycles. The van der Waals surface area contributed by atoms with Gasteiger partial charge in [-0.25, -0.2) is 9.59 Å². The summed E-state index contributed by atoms with van der Waals surface area (Å²) in [5.74, 6) is -1.41. The predicted octanol–water partition coefficient (Wildman–Crippen LogP) is 0.939. The number of benzene rings is 1. The summed E-state index contributed by atoms with van der Waals surface area (Å²) in [5.41, 5.74) is 0.198. The van der Waals surface area contributed by atoms with Crippen LogP contribution in [0.2, 0.25) is 0 Å². The lowest BCUT2D eigenvalue weighted by molar-refractivity contribution is -0.129. The number of likely N-dealkylation sites (tertiary alicyclic amines) is 1. The lowest BCUT2D eigenvalue weighted by atomic mass is 9.76.